The number of benzene rings is 2. The fourth-order valence-corrected chi connectivity index (χ4v) is 1.22. The first-order valence-electron chi connectivity index (χ1n) is 4.68. The van der Waals surface area contributed by atoms with Crippen LogP contribution >= 0.6 is 0 Å². The summed E-state index contributed by atoms with van der Waals surface area (Å²) in [5.74, 6) is 0.252. The first-order chi connectivity index (χ1) is 7.34. The van der Waals surface area contributed by atoms with Gasteiger partial charge in [0.1, 0.15) is 6.61 Å². The molecule has 0 saturated heterocycles. The predicted molar refractivity (Wildman–Crippen MR) is 61.8 cm³/mol. The smallest absolute Gasteiger partial charge is 1.00 e. The monoisotopic (exact) mass is 304 g/mol. The molecule has 2 rings (SSSR count). The molecule has 0 heterocycles. The number of hydrogen-bond donors (Lipinski definition) is 0. The second-order valence-electron chi connectivity index (χ2n) is 3.15. The predicted octanol–water partition coefficient (Wildman–Crippen LogP) is -0.172. The summed E-state index contributed by atoms with van der Waals surface area (Å²) in [6.07, 6.45) is 0. The summed E-state index contributed by atoms with van der Waals surface area (Å²) >= 11 is 0. The Balaban J connectivity index is 0.00000128. The van der Waals surface area contributed by atoms with Crippen molar-refractivity contribution < 1.29 is 26.1 Å². The SMILES string of the molecule is Fc1c[c-]c(OCc2ccccc2)cc1.[Br-].[Mg+2]. The van der Waals surface area contributed by atoms with Gasteiger partial charge < -0.3 is 21.7 Å². The Labute approximate surface area is 127 Å². The minimum Gasteiger partial charge on any atom is -1.00 e. The molecule has 0 amide bonds. The Kier molecular flexibility index (Phi) is 8.21. The summed E-state index contributed by atoms with van der Waals surface area (Å²) in [4.78, 5) is 0. The van der Waals surface area contributed by atoms with E-state index in [-0.39, 0.29) is 45.9 Å². The molecule has 0 N–H and O–H groups in total. The van der Waals surface area contributed by atoms with Gasteiger partial charge in [0.25, 0.3) is 0 Å². The summed E-state index contributed by atoms with van der Waals surface area (Å²) in [6, 6.07) is 16.7. The molecule has 0 aliphatic rings. The molecule has 84 valence electrons. The van der Waals surface area contributed by atoms with Gasteiger partial charge in [-0.25, -0.2) is 0 Å². The summed E-state index contributed by atoms with van der Waals surface area (Å²) in [5.41, 5.74) is 1.08. The normalized spacial score (nSPS) is 8.76. The van der Waals surface area contributed by atoms with Crippen molar-refractivity contribution in [2.75, 3.05) is 0 Å². The topological polar surface area (TPSA) is 9.23 Å². The quantitative estimate of drug-likeness (QED) is 0.565. The molecule has 1 nitrogen and oxygen atoms in total. The minimum atomic E-state index is -0.304. The maximum absolute atomic E-state index is 12.6. The third kappa shape index (κ3) is 5.52. The zero-order valence-electron chi connectivity index (χ0n) is 9.20. The van der Waals surface area contributed by atoms with E-state index in [0.29, 0.717) is 12.4 Å². The van der Waals surface area contributed by atoms with E-state index in [9.17, 15) is 4.39 Å². The molecule has 2 aromatic carbocycles. The van der Waals surface area contributed by atoms with Gasteiger partial charge in [-0.05, 0) is 5.56 Å². The molecule has 17 heavy (non-hydrogen) atoms. The average Bonchev–Trinajstić information content (AvgIpc) is 2.30. The summed E-state index contributed by atoms with van der Waals surface area (Å²) in [5, 5.41) is 0. The molecule has 0 aromatic heterocycles. The summed E-state index contributed by atoms with van der Waals surface area (Å²) in [6.45, 7) is 0.475. The van der Waals surface area contributed by atoms with Crippen molar-refractivity contribution in [1.29, 1.82) is 0 Å². The zero-order valence-corrected chi connectivity index (χ0v) is 12.2. The summed E-state index contributed by atoms with van der Waals surface area (Å²) < 4.78 is 18.0. The van der Waals surface area contributed by atoms with Crippen molar-refractivity contribution in [2.45, 2.75) is 6.61 Å². The molecule has 0 aliphatic heterocycles. The van der Waals surface area contributed by atoms with Crippen LogP contribution in [0.25, 0.3) is 0 Å². The number of hydrogen-bond acceptors (Lipinski definition) is 1. The van der Waals surface area contributed by atoms with E-state index in [1.165, 1.54) is 12.1 Å². The van der Waals surface area contributed by atoms with Crippen LogP contribution in [0.15, 0.2) is 48.5 Å². The van der Waals surface area contributed by atoms with Crippen molar-refractivity contribution in [3.8, 4) is 5.75 Å². The standard InChI is InChI=1S/C13H10FO.BrH.Mg/c14-12-6-8-13(9-7-12)15-10-11-4-2-1-3-5-11;;/h1-8H,10H2;1H;/q-1;;+2/p-1. The van der Waals surface area contributed by atoms with E-state index < -0.39 is 0 Å². The molecular formula is C13H10BrFMgO. The maximum Gasteiger partial charge on any atom is 2.00 e. The molecule has 0 spiro atoms. The largest absolute Gasteiger partial charge is 2.00 e. The molecule has 4 heteroatoms. The van der Waals surface area contributed by atoms with Crippen LogP contribution in [0.1, 0.15) is 5.56 Å². The Morgan fingerprint density at radius 3 is 2.35 bits per heavy atom. The van der Waals surface area contributed by atoms with Gasteiger partial charge >= 0.3 is 23.1 Å². The Bertz CT molecular complexity index is 419. The van der Waals surface area contributed by atoms with Gasteiger partial charge in [-0.3, -0.25) is 4.39 Å². The maximum atomic E-state index is 12.6. The van der Waals surface area contributed by atoms with E-state index in [2.05, 4.69) is 6.07 Å². The van der Waals surface area contributed by atoms with E-state index in [0.717, 1.165) is 5.56 Å². The Morgan fingerprint density at radius 2 is 1.76 bits per heavy atom. The molecule has 0 radical (unpaired) electrons. The fourth-order valence-electron chi connectivity index (χ4n) is 1.22. The average molecular weight is 305 g/mol. The van der Waals surface area contributed by atoms with E-state index in [1.54, 1.807) is 6.07 Å². The van der Waals surface area contributed by atoms with Crippen LogP contribution in [-0.4, -0.2) is 23.1 Å². The van der Waals surface area contributed by atoms with Crippen molar-refractivity contribution in [2.24, 2.45) is 0 Å². The molecule has 0 aliphatic carbocycles. The molecular weight excluding hydrogens is 295 g/mol. The van der Waals surface area contributed by atoms with Crippen molar-refractivity contribution in [3.05, 3.63) is 66.0 Å². The van der Waals surface area contributed by atoms with Gasteiger partial charge in [0, 0.05) is 11.6 Å². The second-order valence-corrected chi connectivity index (χ2v) is 3.15. The number of ether oxygens (including phenoxy) is 1. The van der Waals surface area contributed by atoms with Crippen LogP contribution in [0.2, 0.25) is 0 Å². The van der Waals surface area contributed by atoms with Crippen molar-refractivity contribution in [3.63, 3.8) is 0 Å². The van der Waals surface area contributed by atoms with Gasteiger partial charge in [-0.1, -0.05) is 30.3 Å². The second kappa shape index (κ2) is 8.50. The zero-order chi connectivity index (χ0) is 10.5. The molecule has 0 bridgehead atoms. The number of rotatable bonds is 3. The fraction of sp³-hybridized carbons (Fsp3) is 0.0769. The van der Waals surface area contributed by atoms with Crippen LogP contribution in [-0.2, 0) is 6.61 Å². The van der Waals surface area contributed by atoms with Crippen LogP contribution in [0.3, 0.4) is 0 Å². The van der Waals surface area contributed by atoms with Crippen molar-refractivity contribution >= 4 is 23.1 Å². The van der Waals surface area contributed by atoms with Crippen molar-refractivity contribution in [1.82, 2.24) is 0 Å². The van der Waals surface area contributed by atoms with Gasteiger partial charge in [-0.2, -0.15) is 0 Å². The first-order valence-corrected chi connectivity index (χ1v) is 4.68. The third-order valence-electron chi connectivity index (χ3n) is 1.98. The van der Waals surface area contributed by atoms with E-state index >= 15 is 0 Å². The van der Waals surface area contributed by atoms with E-state index in [4.69, 9.17) is 4.74 Å². The molecule has 2 aromatic rings. The summed E-state index contributed by atoms with van der Waals surface area (Å²) in [7, 11) is 0. The van der Waals surface area contributed by atoms with Crippen LogP contribution < -0.4 is 21.7 Å². The van der Waals surface area contributed by atoms with Crippen LogP contribution in [0.4, 0.5) is 4.39 Å². The molecule has 0 unspecified atom stereocenters. The minimum absolute atomic E-state index is 0. The van der Waals surface area contributed by atoms with Gasteiger partial charge in [0.15, 0.2) is 0 Å². The van der Waals surface area contributed by atoms with Gasteiger partial charge in [-0.15, -0.1) is 24.3 Å². The van der Waals surface area contributed by atoms with Gasteiger partial charge in [0.05, 0.1) is 0 Å². The molecule has 0 atom stereocenters. The first kappa shape index (κ1) is 16.4. The van der Waals surface area contributed by atoms with Gasteiger partial charge in [0.2, 0.25) is 0 Å². The number of halogens is 2. The third-order valence-corrected chi connectivity index (χ3v) is 1.98. The molecule has 0 fully saturated rings. The van der Waals surface area contributed by atoms with Crippen LogP contribution in [0, 0.1) is 11.9 Å². The van der Waals surface area contributed by atoms with E-state index in [1.807, 2.05) is 30.3 Å². The Hall–Kier alpha value is -0.584. The molecule has 0 saturated carbocycles. The van der Waals surface area contributed by atoms with Crippen LogP contribution in [0.5, 0.6) is 5.75 Å². The Morgan fingerprint density at radius 1 is 1.06 bits per heavy atom.